The molecule has 0 spiro atoms. The van der Waals surface area contributed by atoms with Crippen LogP contribution in [0.4, 0.5) is 10.5 Å². The van der Waals surface area contributed by atoms with Crippen LogP contribution in [-0.4, -0.2) is 33.4 Å². The third-order valence-corrected chi connectivity index (χ3v) is 3.66. The monoisotopic (exact) mass is 312 g/mol. The molecule has 96 valence electrons. The molecule has 6 heteroatoms. The molecule has 0 aliphatic carbocycles. The van der Waals surface area contributed by atoms with Gasteiger partial charge in [-0.15, -0.1) is 0 Å². The molecule has 1 unspecified atom stereocenters. The van der Waals surface area contributed by atoms with Crippen molar-refractivity contribution >= 4 is 33.6 Å². The van der Waals surface area contributed by atoms with Crippen molar-refractivity contribution < 1.29 is 14.7 Å². The number of halogens is 1. The van der Waals surface area contributed by atoms with E-state index in [1.54, 1.807) is 17.0 Å². The number of carboxylic acid groups (broad SMARTS) is 1. The van der Waals surface area contributed by atoms with Gasteiger partial charge in [0.2, 0.25) is 5.91 Å². The number of nitrogens with one attached hydrogen (secondary N) is 1. The first-order chi connectivity index (χ1) is 8.56. The topological polar surface area (TPSA) is 69.6 Å². The molecule has 1 atom stereocenters. The summed E-state index contributed by atoms with van der Waals surface area (Å²) in [4.78, 5) is 23.9. The number of carbonyl (C=O) groups is 2. The van der Waals surface area contributed by atoms with Gasteiger partial charge in [0.25, 0.3) is 0 Å². The van der Waals surface area contributed by atoms with E-state index in [0.29, 0.717) is 12.2 Å². The van der Waals surface area contributed by atoms with Crippen LogP contribution in [0.2, 0.25) is 0 Å². The molecule has 1 aromatic rings. The zero-order valence-electron chi connectivity index (χ0n) is 9.60. The highest BCUT2D eigenvalue weighted by Gasteiger charge is 2.28. The SMILES string of the molecule is O=C(O)Nc1ccc(CN2CCC(Br)C2=O)cc1. The Morgan fingerprint density at radius 3 is 2.61 bits per heavy atom. The number of anilines is 1. The maximum absolute atomic E-state index is 11.7. The minimum Gasteiger partial charge on any atom is -0.465 e. The molecule has 0 bridgehead atoms. The van der Waals surface area contributed by atoms with Gasteiger partial charge in [0.1, 0.15) is 0 Å². The molecule has 0 aromatic heterocycles. The van der Waals surface area contributed by atoms with E-state index in [2.05, 4.69) is 21.2 Å². The molecule has 0 saturated carbocycles. The molecular weight excluding hydrogens is 300 g/mol. The minimum absolute atomic E-state index is 0.0644. The molecule has 2 rings (SSSR count). The van der Waals surface area contributed by atoms with Gasteiger partial charge in [0.15, 0.2) is 0 Å². The fourth-order valence-electron chi connectivity index (χ4n) is 1.90. The van der Waals surface area contributed by atoms with E-state index in [4.69, 9.17) is 5.11 Å². The molecular formula is C12H13BrN2O3. The number of likely N-dealkylation sites (tertiary alicyclic amines) is 1. The van der Waals surface area contributed by atoms with Crippen LogP contribution in [0.15, 0.2) is 24.3 Å². The first-order valence-corrected chi connectivity index (χ1v) is 6.49. The lowest BCUT2D eigenvalue weighted by molar-refractivity contribution is -0.127. The van der Waals surface area contributed by atoms with Crippen molar-refractivity contribution in [2.45, 2.75) is 17.8 Å². The van der Waals surface area contributed by atoms with Gasteiger partial charge in [-0.1, -0.05) is 28.1 Å². The average molecular weight is 313 g/mol. The number of benzene rings is 1. The molecule has 1 fully saturated rings. The summed E-state index contributed by atoms with van der Waals surface area (Å²) in [6.07, 6.45) is -0.253. The lowest BCUT2D eigenvalue weighted by atomic mass is 10.2. The van der Waals surface area contributed by atoms with Crippen LogP contribution >= 0.6 is 15.9 Å². The summed E-state index contributed by atoms with van der Waals surface area (Å²) in [5, 5.41) is 10.8. The Morgan fingerprint density at radius 1 is 1.44 bits per heavy atom. The molecule has 1 aliphatic heterocycles. The number of hydrogen-bond acceptors (Lipinski definition) is 2. The summed E-state index contributed by atoms with van der Waals surface area (Å²) in [6.45, 7) is 1.32. The van der Waals surface area contributed by atoms with Gasteiger partial charge < -0.3 is 10.0 Å². The first-order valence-electron chi connectivity index (χ1n) is 5.58. The predicted octanol–water partition coefficient (Wildman–Crippen LogP) is 2.27. The fourth-order valence-corrected chi connectivity index (χ4v) is 2.39. The van der Waals surface area contributed by atoms with E-state index in [1.807, 2.05) is 12.1 Å². The van der Waals surface area contributed by atoms with Crippen LogP contribution in [0.1, 0.15) is 12.0 Å². The van der Waals surface area contributed by atoms with Crippen LogP contribution < -0.4 is 5.32 Å². The number of nitrogens with zero attached hydrogens (tertiary/aromatic N) is 1. The van der Waals surface area contributed by atoms with Crippen molar-refractivity contribution in [1.82, 2.24) is 4.90 Å². The Balaban J connectivity index is 1.98. The highest BCUT2D eigenvalue weighted by molar-refractivity contribution is 9.10. The summed E-state index contributed by atoms with van der Waals surface area (Å²) >= 11 is 3.33. The maximum Gasteiger partial charge on any atom is 0.409 e. The highest BCUT2D eigenvalue weighted by Crippen LogP contribution is 2.21. The smallest absolute Gasteiger partial charge is 0.409 e. The third-order valence-electron chi connectivity index (χ3n) is 2.81. The van der Waals surface area contributed by atoms with Gasteiger partial charge in [-0.25, -0.2) is 4.79 Å². The van der Waals surface area contributed by atoms with Crippen molar-refractivity contribution in [3.63, 3.8) is 0 Å². The molecule has 1 heterocycles. The number of carbonyl (C=O) groups excluding carboxylic acids is 1. The fraction of sp³-hybridized carbons (Fsp3) is 0.333. The second-order valence-electron chi connectivity index (χ2n) is 4.14. The Bertz CT molecular complexity index is 461. The van der Waals surface area contributed by atoms with Crippen molar-refractivity contribution in [3.05, 3.63) is 29.8 Å². The minimum atomic E-state index is -1.08. The molecule has 0 radical (unpaired) electrons. The summed E-state index contributed by atoms with van der Waals surface area (Å²) in [6, 6.07) is 7.02. The lowest BCUT2D eigenvalue weighted by Gasteiger charge is -2.16. The van der Waals surface area contributed by atoms with Crippen LogP contribution in [0.25, 0.3) is 0 Å². The average Bonchev–Trinajstić information content (AvgIpc) is 2.63. The van der Waals surface area contributed by atoms with E-state index in [9.17, 15) is 9.59 Å². The summed E-state index contributed by atoms with van der Waals surface area (Å²) < 4.78 is 0. The summed E-state index contributed by atoms with van der Waals surface area (Å²) in [5.41, 5.74) is 1.51. The predicted molar refractivity (Wildman–Crippen MR) is 70.8 cm³/mol. The third kappa shape index (κ3) is 3.01. The van der Waals surface area contributed by atoms with Gasteiger partial charge >= 0.3 is 6.09 Å². The van der Waals surface area contributed by atoms with Crippen molar-refractivity contribution in [2.24, 2.45) is 0 Å². The molecule has 2 amide bonds. The zero-order valence-corrected chi connectivity index (χ0v) is 11.2. The summed E-state index contributed by atoms with van der Waals surface area (Å²) in [5.74, 6) is 0.114. The van der Waals surface area contributed by atoms with Gasteiger partial charge in [-0.3, -0.25) is 10.1 Å². The number of hydrogen-bond donors (Lipinski definition) is 2. The van der Waals surface area contributed by atoms with Gasteiger partial charge in [-0.2, -0.15) is 0 Å². The van der Waals surface area contributed by atoms with Crippen molar-refractivity contribution in [3.8, 4) is 0 Å². The van der Waals surface area contributed by atoms with Gasteiger partial charge in [0.05, 0.1) is 4.83 Å². The zero-order chi connectivity index (χ0) is 13.1. The Kier molecular flexibility index (Phi) is 3.86. The van der Waals surface area contributed by atoms with Crippen LogP contribution in [0, 0.1) is 0 Å². The number of alkyl halides is 1. The molecule has 5 nitrogen and oxygen atoms in total. The van der Waals surface area contributed by atoms with E-state index in [-0.39, 0.29) is 10.7 Å². The van der Waals surface area contributed by atoms with Crippen molar-refractivity contribution in [1.29, 1.82) is 0 Å². The molecule has 18 heavy (non-hydrogen) atoms. The normalized spacial score (nSPS) is 19.1. The van der Waals surface area contributed by atoms with E-state index < -0.39 is 6.09 Å². The quantitative estimate of drug-likeness (QED) is 0.841. The molecule has 1 saturated heterocycles. The van der Waals surface area contributed by atoms with Crippen LogP contribution in [0.3, 0.4) is 0 Å². The Morgan fingerprint density at radius 2 is 2.11 bits per heavy atom. The van der Waals surface area contributed by atoms with Crippen LogP contribution in [0.5, 0.6) is 0 Å². The van der Waals surface area contributed by atoms with Gasteiger partial charge in [-0.05, 0) is 24.1 Å². The molecule has 2 N–H and O–H groups in total. The second kappa shape index (κ2) is 5.39. The maximum atomic E-state index is 11.7. The van der Waals surface area contributed by atoms with E-state index in [0.717, 1.165) is 18.5 Å². The van der Waals surface area contributed by atoms with Gasteiger partial charge in [0, 0.05) is 18.8 Å². The number of rotatable bonds is 3. The molecule has 1 aromatic carbocycles. The second-order valence-corrected chi connectivity index (χ2v) is 5.25. The standard InChI is InChI=1S/C12H13BrN2O3/c13-10-5-6-15(11(10)16)7-8-1-3-9(4-2-8)14-12(17)18/h1-4,10,14H,5-7H2,(H,17,18). The largest absolute Gasteiger partial charge is 0.465 e. The molecule has 1 aliphatic rings. The Labute approximate surface area is 113 Å². The number of amides is 2. The Hall–Kier alpha value is -1.56. The summed E-state index contributed by atoms with van der Waals surface area (Å²) in [7, 11) is 0. The lowest BCUT2D eigenvalue weighted by Crippen LogP contribution is -2.26. The van der Waals surface area contributed by atoms with E-state index in [1.165, 1.54) is 0 Å². The van der Waals surface area contributed by atoms with Crippen molar-refractivity contribution in [2.75, 3.05) is 11.9 Å². The first kappa shape index (κ1) is 12.9. The van der Waals surface area contributed by atoms with Crippen LogP contribution in [-0.2, 0) is 11.3 Å². The van der Waals surface area contributed by atoms with E-state index >= 15 is 0 Å². The highest BCUT2D eigenvalue weighted by atomic mass is 79.9.